The van der Waals surface area contributed by atoms with E-state index in [1.54, 1.807) is 0 Å². The predicted octanol–water partition coefficient (Wildman–Crippen LogP) is 11.7. The molecule has 0 radical (unpaired) electrons. The number of carboxylic acids is 1. The second kappa shape index (κ2) is 41.0. The summed E-state index contributed by atoms with van der Waals surface area (Å²) in [5.41, 5.74) is 0.532. The Bertz CT molecular complexity index is 1430. The number of phenols is 1. The molecule has 382 valence electrons. The van der Waals surface area contributed by atoms with Crippen LogP contribution >= 0.6 is 7.82 Å². The van der Waals surface area contributed by atoms with E-state index in [2.05, 4.69) is 31.4 Å². The molecule has 2 unspecified atom stereocenters. The normalized spacial score (nSPS) is 13.7. The van der Waals surface area contributed by atoms with Crippen LogP contribution in [0.5, 0.6) is 5.75 Å². The number of rotatable bonds is 46. The zero-order valence-corrected chi connectivity index (χ0v) is 42.1. The van der Waals surface area contributed by atoms with Gasteiger partial charge in [0.05, 0.1) is 32.5 Å². The number of carboxylic acid groups (broad SMARTS) is 1. The van der Waals surface area contributed by atoms with E-state index in [0.717, 1.165) is 70.6 Å². The average Bonchev–Trinajstić information content (AvgIpc) is 3.29. The lowest BCUT2D eigenvalue weighted by molar-refractivity contribution is -0.151. The zero-order chi connectivity index (χ0) is 48.5. The van der Waals surface area contributed by atoms with Crippen LogP contribution in [0.1, 0.15) is 213 Å². The molecular formula is C51H91N2O12P. The summed E-state index contributed by atoms with van der Waals surface area (Å²) in [6.07, 6.45) is 30.1. The second-order valence-electron chi connectivity index (χ2n) is 18.0. The van der Waals surface area contributed by atoms with Crippen molar-refractivity contribution in [2.24, 2.45) is 5.92 Å². The van der Waals surface area contributed by atoms with Crippen LogP contribution in [0.2, 0.25) is 0 Å². The van der Waals surface area contributed by atoms with Crippen molar-refractivity contribution < 1.29 is 57.4 Å². The number of phosphoric ester groups is 1. The predicted molar refractivity (Wildman–Crippen MR) is 261 cm³/mol. The highest BCUT2D eigenvalue weighted by Crippen LogP contribution is 2.43. The number of nitrogens with one attached hydrogen (secondary N) is 2. The fourth-order valence-corrected chi connectivity index (χ4v) is 8.49. The minimum Gasteiger partial charge on any atom is -0.508 e. The minimum absolute atomic E-state index is 0.00898. The molecule has 0 heterocycles. The number of aromatic hydroxyl groups is 1. The monoisotopic (exact) mass is 955 g/mol. The maximum atomic E-state index is 13.1. The molecule has 1 aromatic rings. The lowest BCUT2D eigenvalue weighted by Gasteiger charge is -2.22. The standard InChI is InChI=1S/C51H91N2O12P/c1-4-7-10-13-15-17-18-20-21-24-27-30-48(55)53-44(42-64-66(60,61)63-39-37-52-50(57)47(51(58)59)40-43-32-34-45(54)35-33-43)41-62-38-36-46(29-26-23-12-9-6-3)65-49(56)31-28-25-22-19-16-14-11-8-5-2/h32-35,44,46-47,54H,4-31,36-42H2,1-3H3,(H,52,57)(H,53,55)(H,58,59)(H,60,61)/t44-,46-,47?/m0/s1. The maximum Gasteiger partial charge on any atom is 0.472 e. The molecule has 0 saturated carbocycles. The highest BCUT2D eigenvalue weighted by Gasteiger charge is 2.28. The number of phosphoric acid groups is 1. The van der Waals surface area contributed by atoms with Gasteiger partial charge in [-0.25, -0.2) is 4.57 Å². The minimum atomic E-state index is -4.67. The molecule has 0 fully saturated rings. The van der Waals surface area contributed by atoms with Crippen LogP contribution in [0.25, 0.3) is 0 Å². The lowest BCUT2D eigenvalue weighted by Crippen LogP contribution is -2.41. The van der Waals surface area contributed by atoms with Crippen molar-refractivity contribution in [1.29, 1.82) is 0 Å². The van der Waals surface area contributed by atoms with E-state index in [4.69, 9.17) is 18.5 Å². The number of phenolic OH excluding ortho intramolecular Hbond substituents is 1. The van der Waals surface area contributed by atoms with Crippen LogP contribution in [-0.4, -0.2) is 84.0 Å². The molecule has 1 aromatic carbocycles. The number of carbonyl (C=O) groups excluding carboxylic acids is 3. The first-order valence-corrected chi connectivity index (χ1v) is 27.4. The van der Waals surface area contributed by atoms with Gasteiger partial charge < -0.3 is 35.2 Å². The largest absolute Gasteiger partial charge is 0.508 e. The smallest absolute Gasteiger partial charge is 0.472 e. The van der Waals surface area contributed by atoms with Crippen LogP contribution in [0.15, 0.2) is 24.3 Å². The van der Waals surface area contributed by atoms with E-state index in [0.29, 0.717) is 31.2 Å². The summed E-state index contributed by atoms with van der Waals surface area (Å²) < 4.78 is 35.2. The van der Waals surface area contributed by atoms with E-state index in [9.17, 15) is 38.8 Å². The van der Waals surface area contributed by atoms with Crippen LogP contribution in [-0.2, 0) is 48.7 Å². The summed E-state index contributed by atoms with van der Waals surface area (Å²) in [5.74, 6) is -3.99. The molecule has 2 amide bonds. The summed E-state index contributed by atoms with van der Waals surface area (Å²) in [5, 5.41) is 24.4. The number of hydrogen-bond acceptors (Lipinski definition) is 10. The molecule has 4 atom stereocenters. The van der Waals surface area contributed by atoms with Crippen molar-refractivity contribution in [3.8, 4) is 5.75 Å². The summed E-state index contributed by atoms with van der Waals surface area (Å²) in [4.78, 5) is 60.9. The number of hydrogen-bond donors (Lipinski definition) is 5. The van der Waals surface area contributed by atoms with Gasteiger partial charge >= 0.3 is 19.8 Å². The maximum absolute atomic E-state index is 13.1. The first-order valence-electron chi connectivity index (χ1n) is 25.9. The van der Waals surface area contributed by atoms with Gasteiger partial charge in [0.1, 0.15) is 17.8 Å². The molecule has 0 aliphatic heterocycles. The van der Waals surface area contributed by atoms with E-state index in [1.165, 1.54) is 114 Å². The van der Waals surface area contributed by atoms with Crippen LogP contribution < -0.4 is 10.6 Å². The molecule has 0 saturated heterocycles. The Morgan fingerprint density at radius 3 is 1.65 bits per heavy atom. The summed E-state index contributed by atoms with van der Waals surface area (Å²) in [6.45, 7) is 5.73. The van der Waals surface area contributed by atoms with E-state index in [1.807, 2.05) is 0 Å². The van der Waals surface area contributed by atoms with Crippen LogP contribution in [0.4, 0.5) is 0 Å². The molecule has 0 aliphatic carbocycles. The number of amides is 2. The van der Waals surface area contributed by atoms with Gasteiger partial charge in [-0.05, 0) is 49.8 Å². The van der Waals surface area contributed by atoms with E-state index < -0.39 is 44.9 Å². The van der Waals surface area contributed by atoms with Crippen LogP contribution in [0, 0.1) is 5.92 Å². The fourth-order valence-electron chi connectivity index (χ4n) is 7.72. The molecule has 14 nitrogen and oxygen atoms in total. The SMILES string of the molecule is CCCCCCCCCCCCCC(=O)N[C@@H](COCC[C@H](CCCCCCC)OC(=O)CCCCCCCCCCC)COP(=O)(O)OCCNC(=O)C(Cc1ccc(O)cc1)C(=O)O. The van der Waals surface area contributed by atoms with Gasteiger partial charge in [-0.1, -0.05) is 174 Å². The van der Waals surface area contributed by atoms with Gasteiger partial charge in [0.2, 0.25) is 11.8 Å². The molecule has 5 N–H and O–H groups in total. The Labute approximate surface area is 398 Å². The van der Waals surface area contributed by atoms with Gasteiger partial charge in [0, 0.05) is 25.8 Å². The third-order valence-electron chi connectivity index (χ3n) is 11.8. The molecule has 1 rings (SSSR count). The third-order valence-corrected chi connectivity index (χ3v) is 12.8. The van der Waals surface area contributed by atoms with Gasteiger partial charge in [0.15, 0.2) is 0 Å². The fraction of sp³-hybridized carbons (Fsp3) is 0.804. The third kappa shape index (κ3) is 35.2. The first-order chi connectivity index (χ1) is 31.9. The number of carbonyl (C=O) groups is 4. The summed E-state index contributed by atoms with van der Waals surface area (Å²) in [6, 6.07) is 5.04. The Balaban J connectivity index is 2.73. The van der Waals surface area contributed by atoms with Crippen molar-refractivity contribution in [2.45, 2.75) is 226 Å². The highest BCUT2D eigenvalue weighted by molar-refractivity contribution is 7.47. The number of ether oxygens (including phenoxy) is 2. The molecular weight excluding hydrogens is 864 g/mol. The molecule has 0 aromatic heterocycles. The first kappa shape index (κ1) is 61.0. The van der Waals surface area contributed by atoms with Gasteiger partial charge in [0.25, 0.3) is 0 Å². The number of benzene rings is 1. The van der Waals surface area contributed by atoms with Gasteiger partial charge in [-0.2, -0.15) is 0 Å². The van der Waals surface area contributed by atoms with Crippen LogP contribution in [0.3, 0.4) is 0 Å². The second-order valence-corrected chi connectivity index (χ2v) is 19.4. The Morgan fingerprint density at radius 1 is 0.621 bits per heavy atom. The number of unbranched alkanes of at least 4 members (excludes halogenated alkanes) is 22. The van der Waals surface area contributed by atoms with Crippen molar-refractivity contribution in [1.82, 2.24) is 10.6 Å². The summed E-state index contributed by atoms with van der Waals surface area (Å²) >= 11 is 0. The lowest BCUT2D eigenvalue weighted by atomic mass is 9.98. The number of aliphatic carboxylic acids is 1. The topological polar surface area (TPSA) is 207 Å². The summed E-state index contributed by atoms with van der Waals surface area (Å²) in [7, 11) is -4.67. The highest BCUT2D eigenvalue weighted by atomic mass is 31.2. The molecule has 0 bridgehead atoms. The zero-order valence-electron chi connectivity index (χ0n) is 41.3. The van der Waals surface area contributed by atoms with E-state index in [-0.39, 0.29) is 49.9 Å². The Hall–Kier alpha value is -3.03. The quantitative estimate of drug-likeness (QED) is 0.0179. The van der Waals surface area contributed by atoms with Crippen molar-refractivity contribution in [2.75, 3.05) is 33.0 Å². The average molecular weight is 955 g/mol. The van der Waals surface area contributed by atoms with Crippen molar-refractivity contribution in [3.63, 3.8) is 0 Å². The Kier molecular flexibility index (Phi) is 37.9. The van der Waals surface area contributed by atoms with Crippen molar-refractivity contribution >= 4 is 31.6 Å². The van der Waals surface area contributed by atoms with E-state index >= 15 is 0 Å². The molecule has 0 aliphatic rings. The molecule has 66 heavy (non-hydrogen) atoms. The molecule has 0 spiro atoms. The van der Waals surface area contributed by atoms with Crippen molar-refractivity contribution in [3.05, 3.63) is 29.8 Å². The number of esters is 1. The Morgan fingerprint density at radius 2 is 1.12 bits per heavy atom. The van der Waals surface area contributed by atoms with Gasteiger partial charge in [-0.15, -0.1) is 0 Å². The molecule has 15 heteroatoms. The van der Waals surface area contributed by atoms with Gasteiger partial charge in [-0.3, -0.25) is 28.2 Å².